The van der Waals surface area contributed by atoms with Crippen LogP contribution in [0.2, 0.25) is 5.02 Å². The molecule has 1 aliphatic heterocycles. The monoisotopic (exact) mass is 261 g/mol. The molecule has 0 fully saturated rings. The van der Waals surface area contributed by atoms with Gasteiger partial charge in [-0.3, -0.25) is 0 Å². The lowest BCUT2D eigenvalue weighted by Gasteiger charge is -2.24. The van der Waals surface area contributed by atoms with Crippen molar-refractivity contribution < 1.29 is 18.3 Å². The minimum atomic E-state index is -3.59. The highest BCUT2D eigenvalue weighted by atomic mass is 35.5. The number of benzene rings is 1. The van der Waals surface area contributed by atoms with Gasteiger partial charge in [-0.25, -0.2) is 13.2 Å². The predicted molar refractivity (Wildman–Crippen MR) is 58.6 cm³/mol. The maximum Gasteiger partial charge on any atom is 0.327 e. The Morgan fingerprint density at radius 1 is 1.50 bits per heavy atom. The quantitative estimate of drug-likeness (QED) is 0.788. The lowest BCUT2D eigenvalue weighted by atomic mass is 10.2. The van der Waals surface area contributed by atoms with Crippen molar-refractivity contribution in [3.8, 4) is 0 Å². The van der Waals surface area contributed by atoms with Crippen LogP contribution in [0, 0.1) is 0 Å². The molecule has 0 aliphatic carbocycles. The molecule has 5 nitrogen and oxygen atoms in total. The fraction of sp³-hybridized carbons (Fsp3) is 0.222. The van der Waals surface area contributed by atoms with Crippen LogP contribution in [0.4, 0.5) is 5.69 Å². The molecule has 0 aromatic heterocycles. The molecule has 16 heavy (non-hydrogen) atoms. The molecule has 1 heterocycles. The number of nitrogens with one attached hydrogen (secondary N) is 1. The van der Waals surface area contributed by atoms with E-state index in [-0.39, 0.29) is 15.6 Å². The SMILES string of the molecule is O=C(O)C1CS(=O)(=O)c2cccc(Cl)c2N1. The third-order valence-electron chi connectivity index (χ3n) is 2.31. The van der Waals surface area contributed by atoms with Crippen LogP contribution in [0.25, 0.3) is 0 Å². The van der Waals surface area contributed by atoms with Crippen LogP contribution in [-0.4, -0.2) is 31.3 Å². The molecule has 86 valence electrons. The Labute approximate surface area is 97.0 Å². The van der Waals surface area contributed by atoms with Crippen molar-refractivity contribution in [1.29, 1.82) is 0 Å². The second-order valence-corrected chi connectivity index (χ2v) is 5.84. The molecule has 2 N–H and O–H groups in total. The standard InChI is InChI=1S/C9H8ClNO4S/c10-5-2-1-3-7-8(5)11-6(9(12)13)4-16(7,14)15/h1-3,6,11H,4H2,(H,12,13). The Kier molecular flexibility index (Phi) is 2.55. The van der Waals surface area contributed by atoms with Gasteiger partial charge in [0.05, 0.1) is 21.4 Å². The predicted octanol–water partition coefficient (Wildman–Crippen LogP) is 0.992. The molecule has 1 unspecified atom stereocenters. The van der Waals surface area contributed by atoms with Gasteiger partial charge in [-0.1, -0.05) is 17.7 Å². The van der Waals surface area contributed by atoms with E-state index in [0.29, 0.717) is 0 Å². The zero-order valence-corrected chi connectivity index (χ0v) is 9.55. The van der Waals surface area contributed by atoms with Gasteiger partial charge in [-0.15, -0.1) is 0 Å². The number of hydrogen-bond donors (Lipinski definition) is 2. The van der Waals surface area contributed by atoms with E-state index in [0.717, 1.165) is 0 Å². The lowest BCUT2D eigenvalue weighted by molar-refractivity contribution is -0.137. The van der Waals surface area contributed by atoms with Gasteiger partial charge in [-0.05, 0) is 12.1 Å². The minimum Gasteiger partial charge on any atom is -0.480 e. The average Bonchev–Trinajstić information content (AvgIpc) is 2.18. The van der Waals surface area contributed by atoms with Gasteiger partial charge >= 0.3 is 5.97 Å². The third-order valence-corrected chi connectivity index (χ3v) is 4.41. The summed E-state index contributed by atoms with van der Waals surface area (Å²) < 4.78 is 23.6. The van der Waals surface area contributed by atoms with Crippen LogP contribution in [0.1, 0.15) is 0 Å². The number of carboxylic acids is 1. The number of aliphatic carboxylic acids is 1. The Balaban J connectivity index is 2.61. The molecule has 0 radical (unpaired) electrons. The Morgan fingerprint density at radius 2 is 2.19 bits per heavy atom. The van der Waals surface area contributed by atoms with Crippen LogP contribution < -0.4 is 5.32 Å². The first-order chi connectivity index (χ1) is 7.42. The molecule has 0 bridgehead atoms. The summed E-state index contributed by atoms with van der Waals surface area (Å²) in [5.41, 5.74) is 0.169. The number of hydrogen-bond acceptors (Lipinski definition) is 4. The zero-order chi connectivity index (χ0) is 11.9. The number of para-hydroxylation sites is 1. The van der Waals surface area contributed by atoms with E-state index in [2.05, 4.69) is 5.32 Å². The van der Waals surface area contributed by atoms with Crippen LogP contribution in [0.3, 0.4) is 0 Å². The van der Waals surface area contributed by atoms with E-state index in [9.17, 15) is 13.2 Å². The maximum atomic E-state index is 11.8. The van der Waals surface area contributed by atoms with Crippen molar-refractivity contribution in [1.82, 2.24) is 0 Å². The van der Waals surface area contributed by atoms with Gasteiger partial charge in [0, 0.05) is 0 Å². The van der Waals surface area contributed by atoms with E-state index in [1.54, 1.807) is 0 Å². The van der Waals surface area contributed by atoms with Gasteiger partial charge in [-0.2, -0.15) is 0 Å². The third kappa shape index (κ3) is 1.74. The maximum absolute atomic E-state index is 11.8. The number of rotatable bonds is 1. The minimum absolute atomic E-state index is 0.0532. The molecule has 1 aromatic rings. The fourth-order valence-corrected chi connectivity index (χ4v) is 3.46. The molecular weight excluding hydrogens is 254 g/mol. The van der Waals surface area contributed by atoms with Crippen molar-refractivity contribution in [2.75, 3.05) is 11.1 Å². The Bertz CT molecular complexity index is 555. The van der Waals surface area contributed by atoms with Gasteiger partial charge in [0.2, 0.25) is 0 Å². The summed E-state index contributed by atoms with van der Waals surface area (Å²) in [4.78, 5) is 10.8. The summed E-state index contributed by atoms with van der Waals surface area (Å²) in [6.45, 7) is 0. The van der Waals surface area contributed by atoms with Crippen molar-refractivity contribution >= 4 is 33.1 Å². The summed E-state index contributed by atoms with van der Waals surface area (Å²) >= 11 is 5.82. The molecule has 0 spiro atoms. The molecule has 1 atom stereocenters. The van der Waals surface area contributed by atoms with E-state index in [1.165, 1.54) is 18.2 Å². The van der Waals surface area contributed by atoms with Gasteiger partial charge < -0.3 is 10.4 Å². The summed E-state index contributed by atoms with van der Waals surface area (Å²) in [6.07, 6.45) is 0. The second-order valence-electron chi connectivity index (χ2n) is 3.43. The first kappa shape index (κ1) is 11.2. The summed E-state index contributed by atoms with van der Waals surface area (Å²) in [6, 6.07) is 3.27. The largest absolute Gasteiger partial charge is 0.480 e. The summed E-state index contributed by atoms with van der Waals surface area (Å²) in [5.74, 6) is -1.68. The molecule has 0 saturated heterocycles. The van der Waals surface area contributed by atoms with Crippen LogP contribution >= 0.6 is 11.6 Å². The van der Waals surface area contributed by atoms with E-state index >= 15 is 0 Å². The van der Waals surface area contributed by atoms with E-state index < -0.39 is 27.6 Å². The van der Waals surface area contributed by atoms with Gasteiger partial charge in [0.15, 0.2) is 9.84 Å². The van der Waals surface area contributed by atoms with Crippen molar-refractivity contribution in [3.05, 3.63) is 23.2 Å². The number of anilines is 1. The molecule has 0 saturated carbocycles. The van der Waals surface area contributed by atoms with E-state index in [1.807, 2.05) is 0 Å². The summed E-state index contributed by atoms with van der Waals surface area (Å²) in [5, 5.41) is 11.6. The number of halogens is 1. The first-order valence-electron chi connectivity index (χ1n) is 4.42. The number of carbonyl (C=O) groups is 1. The topological polar surface area (TPSA) is 83.5 Å². The van der Waals surface area contributed by atoms with Crippen molar-refractivity contribution in [3.63, 3.8) is 0 Å². The summed E-state index contributed by atoms with van der Waals surface area (Å²) in [7, 11) is -3.59. The normalized spacial score (nSPS) is 21.9. The van der Waals surface area contributed by atoms with Crippen molar-refractivity contribution in [2.45, 2.75) is 10.9 Å². The van der Waals surface area contributed by atoms with Gasteiger partial charge in [0.25, 0.3) is 0 Å². The Morgan fingerprint density at radius 3 is 2.81 bits per heavy atom. The zero-order valence-electron chi connectivity index (χ0n) is 7.97. The van der Waals surface area contributed by atoms with E-state index in [4.69, 9.17) is 16.7 Å². The Hall–Kier alpha value is -1.27. The van der Waals surface area contributed by atoms with Crippen LogP contribution in [0.5, 0.6) is 0 Å². The average molecular weight is 262 g/mol. The number of sulfone groups is 1. The second kappa shape index (κ2) is 3.64. The highest BCUT2D eigenvalue weighted by Gasteiger charge is 2.34. The van der Waals surface area contributed by atoms with Crippen LogP contribution in [0.15, 0.2) is 23.1 Å². The molecule has 2 rings (SSSR count). The molecule has 0 amide bonds. The molecular formula is C9H8ClNO4S. The highest BCUT2D eigenvalue weighted by molar-refractivity contribution is 7.91. The molecule has 1 aromatic carbocycles. The van der Waals surface area contributed by atoms with Gasteiger partial charge in [0.1, 0.15) is 6.04 Å². The number of carboxylic acid groups (broad SMARTS) is 1. The smallest absolute Gasteiger partial charge is 0.327 e. The number of fused-ring (bicyclic) bond motifs is 1. The fourth-order valence-electron chi connectivity index (χ4n) is 1.56. The molecule has 7 heteroatoms. The van der Waals surface area contributed by atoms with Crippen molar-refractivity contribution in [2.24, 2.45) is 0 Å². The lowest BCUT2D eigenvalue weighted by Crippen LogP contribution is -2.40. The van der Waals surface area contributed by atoms with Crippen LogP contribution in [-0.2, 0) is 14.6 Å². The molecule has 1 aliphatic rings. The highest BCUT2D eigenvalue weighted by Crippen LogP contribution is 2.34. The first-order valence-corrected chi connectivity index (χ1v) is 6.45.